The van der Waals surface area contributed by atoms with Crippen molar-refractivity contribution in [3.05, 3.63) is 53.4 Å². The standard InChI is InChI=1S/C15H14ClN3O/c16-11-5-1-2-7-13(11)19-14(8-4-10-20)18-12-6-3-9-17-15(12)19/h1-3,5-7,9,20H,4,8,10H2. The molecule has 5 heteroatoms. The summed E-state index contributed by atoms with van der Waals surface area (Å²) in [5.74, 6) is 0.862. The number of aryl methyl sites for hydroxylation is 1. The third-order valence-electron chi connectivity index (χ3n) is 3.14. The van der Waals surface area contributed by atoms with Crippen LogP contribution in [0.15, 0.2) is 42.6 Å². The molecule has 1 N–H and O–H groups in total. The number of halogens is 1. The number of aliphatic hydroxyl groups is 1. The number of imidazole rings is 1. The number of hydrogen-bond acceptors (Lipinski definition) is 3. The molecule has 0 unspecified atom stereocenters. The summed E-state index contributed by atoms with van der Waals surface area (Å²) in [5.41, 5.74) is 2.48. The molecule has 102 valence electrons. The lowest BCUT2D eigenvalue weighted by molar-refractivity contribution is 0.287. The minimum absolute atomic E-state index is 0.138. The summed E-state index contributed by atoms with van der Waals surface area (Å²) in [5, 5.41) is 9.70. The lowest BCUT2D eigenvalue weighted by Crippen LogP contribution is -2.03. The van der Waals surface area contributed by atoms with Gasteiger partial charge in [-0.1, -0.05) is 23.7 Å². The molecule has 2 heterocycles. The maximum Gasteiger partial charge on any atom is 0.164 e. The van der Waals surface area contributed by atoms with Gasteiger partial charge in [-0.05, 0) is 30.7 Å². The molecule has 4 nitrogen and oxygen atoms in total. The molecule has 0 radical (unpaired) electrons. The van der Waals surface area contributed by atoms with E-state index in [9.17, 15) is 0 Å². The number of nitrogens with zero attached hydrogens (tertiary/aromatic N) is 3. The number of fused-ring (bicyclic) bond motifs is 1. The zero-order chi connectivity index (χ0) is 13.9. The lowest BCUT2D eigenvalue weighted by atomic mass is 10.2. The number of hydrogen-bond donors (Lipinski definition) is 1. The van der Waals surface area contributed by atoms with Crippen LogP contribution in [0.25, 0.3) is 16.9 Å². The van der Waals surface area contributed by atoms with E-state index in [2.05, 4.69) is 9.97 Å². The quantitative estimate of drug-likeness (QED) is 0.802. The molecule has 0 spiro atoms. The zero-order valence-electron chi connectivity index (χ0n) is 10.8. The molecule has 0 saturated carbocycles. The van der Waals surface area contributed by atoms with Crippen molar-refractivity contribution >= 4 is 22.8 Å². The van der Waals surface area contributed by atoms with Crippen LogP contribution in [0.1, 0.15) is 12.2 Å². The normalized spacial score (nSPS) is 11.1. The van der Waals surface area contributed by atoms with E-state index in [1.54, 1.807) is 6.20 Å². The number of aromatic nitrogens is 3. The third kappa shape index (κ3) is 2.28. The summed E-state index contributed by atoms with van der Waals surface area (Å²) >= 11 is 6.30. The molecule has 0 aliphatic carbocycles. The summed E-state index contributed by atoms with van der Waals surface area (Å²) in [6, 6.07) is 11.4. The molecule has 20 heavy (non-hydrogen) atoms. The number of benzene rings is 1. The highest BCUT2D eigenvalue weighted by molar-refractivity contribution is 6.32. The zero-order valence-corrected chi connectivity index (χ0v) is 11.6. The molecule has 0 amide bonds. The van der Waals surface area contributed by atoms with E-state index in [-0.39, 0.29) is 6.61 Å². The van der Waals surface area contributed by atoms with Gasteiger partial charge in [0.2, 0.25) is 0 Å². The van der Waals surface area contributed by atoms with Crippen molar-refractivity contribution in [2.45, 2.75) is 12.8 Å². The highest BCUT2D eigenvalue weighted by Gasteiger charge is 2.14. The van der Waals surface area contributed by atoms with Gasteiger partial charge < -0.3 is 5.11 Å². The van der Waals surface area contributed by atoms with Gasteiger partial charge in [0, 0.05) is 19.2 Å². The predicted octanol–water partition coefficient (Wildman–Crippen LogP) is 3.00. The number of para-hydroxylation sites is 1. The Morgan fingerprint density at radius 1 is 1.15 bits per heavy atom. The monoisotopic (exact) mass is 287 g/mol. The van der Waals surface area contributed by atoms with E-state index < -0.39 is 0 Å². The van der Waals surface area contributed by atoms with Crippen LogP contribution < -0.4 is 0 Å². The van der Waals surface area contributed by atoms with Crippen LogP contribution in [-0.2, 0) is 6.42 Å². The van der Waals surface area contributed by atoms with Crippen LogP contribution in [0.5, 0.6) is 0 Å². The van der Waals surface area contributed by atoms with E-state index in [1.807, 2.05) is 41.0 Å². The van der Waals surface area contributed by atoms with Gasteiger partial charge in [0.25, 0.3) is 0 Å². The number of pyridine rings is 1. The minimum atomic E-state index is 0.138. The molecule has 2 aromatic heterocycles. The van der Waals surface area contributed by atoms with Gasteiger partial charge in [-0.15, -0.1) is 0 Å². The average molecular weight is 288 g/mol. The van der Waals surface area contributed by atoms with Gasteiger partial charge in [0.05, 0.1) is 10.7 Å². The fourth-order valence-electron chi connectivity index (χ4n) is 2.25. The largest absolute Gasteiger partial charge is 0.396 e. The Bertz CT molecular complexity index is 739. The minimum Gasteiger partial charge on any atom is -0.396 e. The second kappa shape index (κ2) is 5.61. The predicted molar refractivity (Wildman–Crippen MR) is 79.3 cm³/mol. The van der Waals surface area contributed by atoms with E-state index in [0.717, 1.165) is 22.7 Å². The van der Waals surface area contributed by atoms with Crippen molar-refractivity contribution < 1.29 is 5.11 Å². The third-order valence-corrected chi connectivity index (χ3v) is 3.46. The van der Waals surface area contributed by atoms with Crippen LogP contribution in [-0.4, -0.2) is 26.2 Å². The number of aliphatic hydroxyl groups excluding tert-OH is 1. The molecule has 0 bridgehead atoms. The van der Waals surface area contributed by atoms with Crippen LogP contribution in [0.4, 0.5) is 0 Å². The first-order valence-electron chi connectivity index (χ1n) is 6.49. The Labute approximate surface area is 121 Å². The first-order chi connectivity index (χ1) is 9.81. The fraction of sp³-hybridized carbons (Fsp3) is 0.200. The van der Waals surface area contributed by atoms with Crippen LogP contribution in [0, 0.1) is 0 Å². The topological polar surface area (TPSA) is 50.9 Å². The molecule has 0 atom stereocenters. The summed E-state index contributed by atoms with van der Waals surface area (Å²) in [6.45, 7) is 0.138. The van der Waals surface area contributed by atoms with Gasteiger partial charge in [-0.25, -0.2) is 9.97 Å². The van der Waals surface area contributed by atoms with Crippen molar-refractivity contribution in [2.24, 2.45) is 0 Å². The molecule has 0 aliphatic heterocycles. The van der Waals surface area contributed by atoms with Crippen LogP contribution >= 0.6 is 11.6 Å². The fourth-order valence-corrected chi connectivity index (χ4v) is 2.47. The Morgan fingerprint density at radius 2 is 2.00 bits per heavy atom. The summed E-state index contributed by atoms with van der Waals surface area (Å²) in [4.78, 5) is 9.01. The molecule has 0 saturated heterocycles. The van der Waals surface area contributed by atoms with Gasteiger partial charge in [0.15, 0.2) is 5.65 Å². The molecule has 0 fully saturated rings. The average Bonchev–Trinajstić information content (AvgIpc) is 2.84. The van der Waals surface area contributed by atoms with Crippen molar-refractivity contribution in [3.63, 3.8) is 0 Å². The molecule has 0 aliphatic rings. The highest BCUT2D eigenvalue weighted by atomic mass is 35.5. The van der Waals surface area contributed by atoms with Crippen molar-refractivity contribution in [1.82, 2.24) is 14.5 Å². The summed E-state index contributed by atoms with van der Waals surface area (Å²) in [7, 11) is 0. The second-order valence-electron chi connectivity index (χ2n) is 4.49. The Balaban J connectivity index is 2.23. The first-order valence-corrected chi connectivity index (χ1v) is 6.87. The highest BCUT2D eigenvalue weighted by Crippen LogP contribution is 2.26. The van der Waals surface area contributed by atoms with Crippen molar-refractivity contribution in [2.75, 3.05) is 6.61 Å². The Morgan fingerprint density at radius 3 is 2.80 bits per heavy atom. The molecular formula is C15H14ClN3O. The van der Waals surface area contributed by atoms with E-state index in [0.29, 0.717) is 17.9 Å². The second-order valence-corrected chi connectivity index (χ2v) is 4.90. The van der Waals surface area contributed by atoms with Crippen molar-refractivity contribution in [1.29, 1.82) is 0 Å². The summed E-state index contributed by atoms with van der Waals surface area (Å²) < 4.78 is 1.97. The molecule has 1 aromatic carbocycles. The molecule has 3 aromatic rings. The van der Waals surface area contributed by atoms with Crippen LogP contribution in [0.3, 0.4) is 0 Å². The van der Waals surface area contributed by atoms with Gasteiger partial charge in [0.1, 0.15) is 11.3 Å². The van der Waals surface area contributed by atoms with Gasteiger partial charge in [-0.3, -0.25) is 4.57 Å². The summed E-state index contributed by atoms with van der Waals surface area (Å²) in [6.07, 6.45) is 3.08. The molecule has 3 rings (SSSR count). The van der Waals surface area contributed by atoms with Gasteiger partial charge in [-0.2, -0.15) is 0 Å². The van der Waals surface area contributed by atoms with E-state index in [1.165, 1.54) is 0 Å². The smallest absolute Gasteiger partial charge is 0.164 e. The lowest BCUT2D eigenvalue weighted by Gasteiger charge is -2.09. The Hall–Kier alpha value is -1.91. The Kier molecular flexibility index (Phi) is 3.67. The SMILES string of the molecule is OCCCc1nc2cccnc2n1-c1ccccc1Cl. The van der Waals surface area contributed by atoms with Crippen LogP contribution in [0.2, 0.25) is 5.02 Å². The maximum absolute atomic E-state index is 9.04. The first kappa shape index (κ1) is 13.1. The van der Waals surface area contributed by atoms with E-state index >= 15 is 0 Å². The van der Waals surface area contributed by atoms with Crippen molar-refractivity contribution in [3.8, 4) is 5.69 Å². The van der Waals surface area contributed by atoms with Gasteiger partial charge >= 0.3 is 0 Å². The van der Waals surface area contributed by atoms with E-state index in [4.69, 9.17) is 16.7 Å². The maximum atomic E-state index is 9.04. The number of rotatable bonds is 4. The molecular weight excluding hydrogens is 274 g/mol.